The van der Waals surface area contributed by atoms with E-state index >= 15 is 0 Å². The van der Waals surface area contributed by atoms with Crippen molar-refractivity contribution in [3.05, 3.63) is 54.0 Å². The Kier molecular flexibility index (Phi) is 6.78. The molecule has 0 aliphatic carbocycles. The van der Waals surface area contributed by atoms with Crippen molar-refractivity contribution in [2.75, 3.05) is 43.1 Å². The zero-order valence-corrected chi connectivity index (χ0v) is 15.9. The molecule has 1 saturated heterocycles. The maximum absolute atomic E-state index is 13.1. The number of rotatable bonds is 6. The standard InChI is InChI=1S/C20H20F3N3O4/c21-20(22,23)14-3-5-17(26-7-10-29-11-8-26)16(12-14)25-19(28)13-24-18(27)6-4-15-2-1-9-30-15/h1-6,9,12H,7-8,10-11,13H2,(H,24,27)(H,25,28). The average Bonchev–Trinajstić information content (AvgIpc) is 3.24. The number of nitrogens with zero attached hydrogens (tertiary/aromatic N) is 1. The number of nitrogens with one attached hydrogen (secondary N) is 2. The third kappa shape index (κ3) is 5.86. The summed E-state index contributed by atoms with van der Waals surface area (Å²) in [5.41, 5.74) is -0.388. The lowest BCUT2D eigenvalue weighted by molar-refractivity contribution is -0.137. The summed E-state index contributed by atoms with van der Waals surface area (Å²) in [7, 11) is 0. The molecule has 160 valence electrons. The van der Waals surface area contributed by atoms with E-state index in [4.69, 9.17) is 9.15 Å². The highest BCUT2D eigenvalue weighted by molar-refractivity contribution is 5.99. The number of anilines is 2. The fraction of sp³-hybridized carbons (Fsp3) is 0.300. The van der Waals surface area contributed by atoms with Crippen LogP contribution in [0.3, 0.4) is 0 Å². The highest BCUT2D eigenvalue weighted by Gasteiger charge is 2.32. The lowest BCUT2D eigenvalue weighted by Crippen LogP contribution is -2.37. The van der Waals surface area contributed by atoms with Gasteiger partial charge in [-0.2, -0.15) is 13.2 Å². The first kappa shape index (κ1) is 21.4. The minimum atomic E-state index is -4.55. The Balaban J connectivity index is 1.66. The third-order valence-electron chi connectivity index (χ3n) is 4.32. The molecule has 1 aromatic heterocycles. The Morgan fingerprint density at radius 2 is 1.93 bits per heavy atom. The van der Waals surface area contributed by atoms with Crippen molar-refractivity contribution in [3.8, 4) is 0 Å². The van der Waals surface area contributed by atoms with Crippen LogP contribution in [0.4, 0.5) is 24.5 Å². The average molecular weight is 423 g/mol. The van der Waals surface area contributed by atoms with Crippen molar-refractivity contribution in [2.24, 2.45) is 0 Å². The van der Waals surface area contributed by atoms with Gasteiger partial charge in [0, 0.05) is 19.2 Å². The summed E-state index contributed by atoms with van der Waals surface area (Å²) in [6.45, 7) is 1.45. The first-order valence-corrected chi connectivity index (χ1v) is 9.16. The smallest absolute Gasteiger partial charge is 0.416 e. The Bertz CT molecular complexity index is 905. The number of alkyl halides is 3. The van der Waals surface area contributed by atoms with E-state index in [1.54, 1.807) is 12.1 Å². The van der Waals surface area contributed by atoms with Crippen LogP contribution >= 0.6 is 0 Å². The minimum Gasteiger partial charge on any atom is -0.465 e. The van der Waals surface area contributed by atoms with Crippen LogP contribution < -0.4 is 15.5 Å². The summed E-state index contributed by atoms with van der Waals surface area (Å²) in [5, 5.41) is 4.84. The Labute approximate surface area is 170 Å². The summed E-state index contributed by atoms with van der Waals surface area (Å²) < 4.78 is 49.7. The number of hydrogen-bond acceptors (Lipinski definition) is 5. The van der Waals surface area contributed by atoms with E-state index in [1.165, 1.54) is 24.5 Å². The number of halogens is 3. The van der Waals surface area contributed by atoms with E-state index in [1.807, 2.05) is 4.90 Å². The maximum atomic E-state index is 13.1. The van der Waals surface area contributed by atoms with Crippen molar-refractivity contribution in [2.45, 2.75) is 6.18 Å². The molecule has 0 spiro atoms. The van der Waals surface area contributed by atoms with Crippen LogP contribution in [-0.2, 0) is 20.5 Å². The van der Waals surface area contributed by atoms with Crippen LogP contribution in [0.5, 0.6) is 0 Å². The number of benzene rings is 1. The molecule has 0 unspecified atom stereocenters. The molecule has 1 aliphatic heterocycles. The number of ether oxygens (including phenoxy) is 1. The molecule has 1 aliphatic rings. The summed E-state index contributed by atoms with van der Waals surface area (Å²) >= 11 is 0. The van der Waals surface area contributed by atoms with Gasteiger partial charge in [0.15, 0.2) is 0 Å². The predicted molar refractivity (Wildman–Crippen MR) is 104 cm³/mol. The van der Waals surface area contributed by atoms with Crippen molar-refractivity contribution >= 4 is 29.3 Å². The fourth-order valence-corrected chi connectivity index (χ4v) is 2.86. The molecule has 10 heteroatoms. The summed E-state index contributed by atoms with van der Waals surface area (Å²) in [5.74, 6) is -0.726. The molecule has 0 saturated carbocycles. The quantitative estimate of drug-likeness (QED) is 0.698. The maximum Gasteiger partial charge on any atom is 0.416 e. The number of amides is 2. The van der Waals surface area contributed by atoms with Crippen LogP contribution in [0.15, 0.2) is 47.1 Å². The second-order valence-electron chi connectivity index (χ2n) is 6.44. The molecular weight excluding hydrogens is 403 g/mol. The van der Waals surface area contributed by atoms with Crippen molar-refractivity contribution in [1.29, 1.82) is 0 Å². The first-order chi connectivity index (χ1) is 14.3. The molecule has 0 atom stereocenters. The van der Waals surface area contributed by atoms with Crippen LogP contribution in [0, 0.1) is 0 Å². The molecule has 30 heavy (non-hydrogen) atoms. The zero-order chi connectivity index (χ0) is 21.6. The van der Waals surface area contributed by atoms with E-state index in [0.29, 0.717) is 37.8 Å². The van der Waals surface area contributed by atoms with Gasteiger partial charge in [0.1, 0.15) is 5.76 Å². The fourth-order valence-electron chi connectivity index (χ4n) is 2.86. The van der Waals surface area contributed by atoms with Crippen molar-refractivity contribution < 1.29 is 31.9 Å². The van der Waals surface area contributed by atoms with Crippen LogP contribution in [0.25, 0.3) is 6.08 Å². The van der Waals surface area contributed by atoms with Gasteiger partial charge >= 0.3 is 6.18 Å². The number of morpholine rings is 1. The van der Waals surface area contributed by atoms with Gasteiger partial charge in [0.2, 0.25) is 11.8 Å². The first-order valence-electron chi connectivity index (χ1n) is 9.16. The van der Waals surface area contributed by atoms with E-state index in [0.717, 1.165) is 12.1 Å². The van der Waals surface area contributed by atoms with E-state index in [9.17, 15) is 22.8 Å². The summed E-state index contributed by atoms with van der Waals surface area (Å²) in [6.07, 6.45) is -0.480. The molecule has 2 amide bonds. The number of furan rings is 1. The second kappa shape index (κ2) is 9.49. The zero-order valence-electron chi connectivity index (χ0n) is 15.9. The van der Waals surface area contributed by atoms with Crippen molar-refractivity contribution in [1.82, 2.24) is 5.32 Å². The third-order valence-corrected chi connectivity index (χ3v) is 4.32. The monoisotopic (exact) mass is 423 g/mol. The topological polar surface area (TPSA) is 83.8 Å². The Morgan fingerprint density at radius 3 is 2.60 bits per heavy atom. The molecule has 1 aromatic carbocycles. The largest absolute Gasteiger partial charge is 0.465 e. The summed E-state index contributed by atoms with van der Waals surface area (Å²) in [6, 6.07) is 6.50. The van der Waals surface area contributed by atoms with Gasteiger partial charge in [0.25, 0.3) is 0 Å². The Hall–Kier alpha value is -3.27. The van der Waals surface area contributed by atoms with Gasteiger partial charge < -0.3 is 24.7 Å². The summed E-state index contributed by atoms with van der Waals surface area (Å²) in [4.78, 5) is 25.9. The lowest BCUT2D eigenvalue weighted by Gasteiger charge is -2.31. The molecule has 0 radical (unpaired) electrons. The number of hydrogen-bond donors (Lipinski definition) is 2. The normalized spacial score (nSPS) is 14.7. The predicted octanol–water partition coefficient (Wildman–Crippen LogP) is 2.90. The van der Waals surface area contributed by atoms with Gasteiger partial charge in [-0.05, 0) is 36.4 Å². The van der Waals surface area contributed by atoms with Gasteiger partial charge in [-0.25, -0.2) is 0 Å². The SMILES string of the molecule is O=C(C=Cc1ccco1)NCC(=O)Nc1cc(C(F)(F)F)ccc1N1CCOCC1. The highest BCUT2D eigenvalue weighted by atomic mass is 19.4. The van der Waals surface area contributed by atoms with Crippen LogP contribution in [-0.4, -0.2) is 44.7 Å². The lowest BCUT2D eigenvalue weighted by atomic mass is 10.1. The van der Waals surface area contributed by atoms with Crippen LogP contribution in [0.1, 0.15) is 11.3 Å². The van der Waals surface area contributed by atoms with E-state index in [-0.39, 0.29) is 5.69 Å². The molecule has 2 N–H and O–H groups in total. The highest BCUT2D eigenvalue weighted by Crippen LogP contribution is 2.35. The molecule has 7 nitrogen and oxygen atoms in total. The van der Waals surface area contributed by atoms with Crippen LogP contribution in [0.2, 0.25) is 0 Å². The minimum absolute atomic E-state index is 0.0251. The van der Waals surface area contributed by atoms with Gasteiger partial charge in [-0.15, -0.1) is 0 Å². The van der Waals surface area contributed by atoms with Gasteiger partial charge in [-0.1, -0.05) is 0 Å². The molecule has 1 fully saturated rings. The number of carbonyl (C=O) groups excluding carboxylic acids is 2. The Morgan fingerprint density at radius 1 is 1.17 bits per heavy atom. The second-order valence-corrected chi connectivity index (χ2v) is 6.44. The molecule has 0 bridgehead atoms. The van der Waals surface area contributed by atoms with Gasteiger partial charge in [-0.3, -0.25) is 9.59 Å². The molecule has 2 aromatic rings. The number of carbonyl (C=O) groups is 2. The van der Waals surface area contributed by atoms with Crippen molar-refractivity contribution in [3.63, 3.8) is 0 Å². The van der Waals surface area contributed by atoms with E-state index in [2.05, 4.69) is 10.6 Å². The molecule has 2 heterocycles. The molecular formula is C20H20F3N3O4. The molecule has 3 rings (SSSR count). The van der Waals surface area contributed by atoms with Gasteiger partial charge in [0.05, 0.1) is 43.0 Å². The van der Waals surface area contributed by atoms with E-state index < -0.39 is 30.1 Å².